The van der Waals surface area contributed by atoms with Gasteiger partial charge in [0, 0.05) is 4.70 Å². The van der Waals surface area contributed by atoms with E-state index in [1.165, 1.54) is 23.5 Å². The maximum absolute atomic E-state index is 13.1. The van der Waals surface area contributed by atoms with Crippen LogP contribution in [0.4, 0.5) is 4.39 Å². The first-order valence-corrected chi connectivity index (χ1v) is 4.64. The molecule has 0 fully saturated rings. The van der Waals surface area contributed by atoms with E-state index in [-0.39, 0.29) is 5.56 Å². The number of halogens is 1. The summed E-state index contributed by atoms with van der Waals surface area (Å²) in [5.41, 5.74) is 0.0313. The zero-order chi connectivity index (χ0) is 10.1. The van der Waals surface area contributed by atoms with Crippen molar-refractivity contribution in [3.8, 4) is 6.07 Å². The van der Waals surface area contributed by atoms with Gasteiger partial charge in [0.25, 0.3) is 0 Å². The van der Waals surface area contributed by atoms with Gasteiger partial charge in [-0.25, -0.2) is 4.39 Å². The number of nitrogens with zero attached hydrogens (tertiary/aromatic N) is 1. The van der Waals surface area contributed by atoms with Crippen LogP contribution < -0.4 is 0 Å². The SMILES string of the molecule is N#Cc1cc2cc(F)c(C=O)cc2s1. The molecule has 0 unspecified atom stereocenters. The number of hydrogen-bond donors (Lipinski definition) is 0. The summed E-state index contributed by atoms with van der Waals surface area (Å²) in [6.07, 6.45) is 0.473. The van der Waals surface area contributed by atoms with Gasteiger partial charge in [0.1, 0.15) is 16.8 Å². The lowest BCUT2D eigenvalue weighted by Gasteiger charge is -1.93. The van der Waals surface area contributed by atoms with Crippen LogP contribution in [-0.2, 0) is 0 Å². The summed E-state index contributed by atoms with van der Waals surface area (Å²) < 4.78 is 13.9. The highest BCUT2D eigenvalue weighted by molar-refractivity contribution is 7.19. The predicted octanol–water partition coefficient (Wildman–Crippen LogP) is 2.72. The third kappa shape index (κ3) is 1.28. The second-order valence-electron chi connectivity index (χ2n) is 2.75. The predicted molar refractivity (Wildman–Crippen MR) is 51.9 cm³/mol. The van der Waals surface area contributed by atoms with Crippen LogP contribution in [0.25, 0.3) is 10.1 Å². The number of benzene rings is 1. The molecule has 0 saturated heterocycles. The lowest BCUT2D eigenvalue weighted by molar-refractivity contribution is 0.112. The van der Waals surface area contributed by atoms with Crippen molar-refractivity contribution in [2.24, 2.45) is 0 Å². The summed E-state index contributed by atoms with van der Waals surface area (Å²) >= 11 is 1.25. The topological polar surface area (TPSA) is 40.9 Å². The molecule has 4 heteroatoms. The molecule has 0 saturated carbocycles. The number of aldehydes is 1. The molecule has 0 aliphatic heterocycles. The first-order valence-electron chi connectivity index (χ1n) is 3.83. The summed E-state index contributed by atoms with van der Waals surface area (Å²) in [6.45, 7) is 0. The number of nitriles is 1. The molecule has 2 nitrogen and oxygen atoms in total. The highest BCUT2D eigenvalue weighted by Crippen LogP contribution is 2.27. The Morgan fingerprint density at radius 1 is 1.43 bits per heavy atom. The van der Waals surface area contributed by atoms with Crippen LogP contribution in [0.1, 0.15) is 15.2 Å². The normalized spacial score (nSPS) is 10.0. The van der Waals surface area contributed by atoms with Gasteiger partial charge in [-0.1, -0.05) is 0 Å². The highest BCUT2D eigenvalue weighted by atomic mass is 32.1. The van der Waals surface area contributed by atoms with Gasteiger partial charge in [-0.2, -0.15) is 5.26 Å². The summed E-state index contributed by atoms with van der Waals surface area (Å²) in [5, 5.41) is 9.29. The van der Waals surface area contributed by atoms with Gasteiger partial charge in [0.2, 0.25) is 0 Å². The fourth-order valence-corrected chi connectivity index (χ4v) is 2.11. The summed E-state index contributed by atoms with van der Waals surface area (Å²) in [7, 11) is 0. The Hall–Kier alpha value is -1.73. The number of fused-ring (bicyclic) bond motifs is 1. The summed E-state index contributed by atoms with van der Waals surface area (Å²) in [5.74, 6) is -0.546. The van der Waals surface area contributed by atoms with Crippen LogP contribution in [-0.4, -0.2) is 6.29 Å². The van der Waals surface area contributed by atoms with E-state index >= 15 is 0 Å². The molecule has 0 N–H and O–H groups in total. The number of hydrogen-bond acceptors (Lipinski definition) is 3. The van der Waals surface area contributed by atoms with Crippen LogP contribution in [0.5, 0.6) is 0 Å². The average molecular weight is 205 g/mol. The van der Waals surface area contributed by atoms with Crippen LogP contribution in [0, 0.1) is 17.1 Å². The van der Waals surface area contributed by atoms with E-state index in [1.807, 2.05) is 6.07 Å². The molecule has 0 aliphatic rings. The molecule has 1 heterocycles. The van der Waals surface area contributed by atoms with Crippen molar-refractivity contribution in [2.75, 3.05) is 0 Å². The third-order valence-corrected chi connectivity index (χ3v) is 2.88. The number of rotatable bonds is 1. The minimum absolute atomic E-state index is 0.0313. The van der Waals surface area contributed by atoms with E-state index in [4.69, 9.17) is 5.26 Å². The molecule has 0 radical (unpaired) electrons. The molecule has 1 aromatic carbocycles. The number of carbonyl (C=O) groups excluding carboxylic acids is 1. The van der Waals surface area contributed by atoms with E-state index in [0.29, 0.717) is 16.5 Å². The van der Waals surface area contributed by atoms with Crippen molar-refractivity contribution in [2.45, 2.75) is 0 Å². The van der Waals surface area contributed by atoms with Crippen molar-refractivity contribution in [1.82, 2.24) is 0 Å². The standard InChI is InChI=1S/C10H4FNOS/c11-9-2-6-1-8(4-12)14-10(6)3-7(9)5-13/h1-3,5H. The fraction of sp³-hybridized carbons (Fsp3) is 0. The third-order valence-electron chi connectivity index (χ3n) is 1.87. The summed E-state index contributed by atoms with van der Waals surface area (Å²) in [6, 6.07) is 6.33. The Bertz CT molecular complexity index is 553. The van der Waals surface area contributed by atoms with Crippen LogP contribution >= 0.6 is 11.3 Å². The molecule has 14 heavy (non-hydrogen) atoms. The zero-order valence-electron chi connectivity index (χ0n) is 6.95. The fourth-order valence-electron chi connectivity index (χ4n) is 1.22. The van der Waals surface area contributed by atoms with Crippen LogP contribution in [0.3, 0.4) is 0 Å². The van der Waals surface area contributed by atoms with Gasteiger partial charge in [-0.15, -0.1) is 11.3 Å². The van der Waals surface area contributed by atoms with Gasteiger partial charge in [0.15, 0.2) is 6.29 Å². The Labute approximate surface area is 83.2 Å². The van der Waals surface area contributed by atoms with Crippen LogP contribution in [0.15, 0.2) is 18.2 Å². The van der Waals surface area contributed by atoms with E-state index < -0.39 is 5.82 Å². The second-order valence-corrected chi connectivity index (χ2v) is 3.84. The maximum atomic E-state index is 13.1. The largest absolute Gasteiger partial charge is 0.298 e. The van der Waals surface area contributed by atoms with Crippen molar-refractivity contribution in [3.05, 3.63) is 34.5 Å². The van der Waals surface area contributed by atoms with Gasteiger partial charge in [-0.05, 0) is 23.6 Å². The van der Waals surface area contributed by atoms with Crippen LogP contribution in [0.2, 0.25) is 0 Å². The average Bonchev–Trinajstić information content (AvgIpc) is 2.58. The lowest BCUT2D eigenvalue weighted by atomic mass is 10.2. The smallest absolute Gasteiger partial charge is 0.153 e. The Kier molecular flexibility index (Phi) is 2.02. The maximum Gasteiger partial charge on any atom is 0.153 e. The highest BCUT2D eigenvalue weighted by Gasteiger charge is 2.06. The van der Waals surface area contributed by atoms with E-state index in [0.717, 1.165) is 4.70 Å². The summed E-state index contributed by atoms with van der Waals surface area (Å²) in [4.78, 5) is 11.0. The molecular weight excluding hydrogens is 201 g/mol. The molecule has 0 atom stereocenters. The minimum Gasteiger partial charge on any atom is -0.298 e. The lowest BCUT2D eigenvalue weighted by Crippen LogP contribution is -1.85. The monoisotopic (exact) mass is 205 g/mol. The van der Waals surface area contributed by atoms with Gasteiger partial charge < -0.3 is 0 Å². The molecular formula is C10H4FNOS. The van der Waals surface area contributed by atoms with Gasteiger partial charge in [-0.3, -0.25) is 4.79 Å². The van der Waals surface area contributed by atoms with Crippen molar-refractivity contribution < 1.29 is 9.18 Å². The van der Waals surface area contributed by atoms with E-state index in [2.05, 4.69) is 0 Å². The minimum atomic E-state index is -0.546. The Balaban J connectivity index is 2.77. The number of carbonyl (C=O) groups is 1. The molecule has 1 aromatic heterocycles. The molecule has 0 spiro atoms. The molecule has 2 aromatic rings. The number of thiophene rings is 1. The van der Waals surface area contributed by atoms with E-state index in [1.54, 1.807) is 6.07 Å². The molecule has 2 rings (SSSR count). The Morgan fingerprint density at radius 3 is 2.86 bits per heavy atom. The van der Waals surface area contributed by atoms with Crippen molar-refractivity contribution >= 4 is 27.7 Å². The zero-order valence-corrected chi connectivity index (χ0v) is 7.77. The molecule has 68 valence electrons. The molecule has 0 aliphatic carbocycles. The second kappa shape index (κ2) is 3.20. The molecule has 0 amide bonds. The van der Waals surface area contributed by atoms with Gasteiger partial charge >= 0.3 is 0 Å². The van der Waals surface area contributed by atoms with E-state index in [9.17, 15) is 9.18 Å². The van der Waals surface area contributed by atoms with Crippen molar-refractivity contribution in [1.29, 1.82) is 5.26 Å². The quantitative estimate of drug-likeness (QED) is 0.671. The first kappa shape index (κ1) is 8.85. The Morgan fingerprint density at radius 2 is 2.21 bits per heavy atom. The first-order chi connectivity index (χ1) is 6.74. The molecule has 0 bridgehead atoms. The van der Waals surface area contributed by atoms with Crippen molar-refractivity contribution in [3.63, 3.8) is 0 Å². The van der Waals surface area contributed by atoms with Gasteiger partial charge in [0.05, 0.1) is 5.56 Å².